The molecule has 0 aromatic carbocycles. The number of aliphatic hydroxyl groups is 1. The number of hydrogen-bond acceptors (Lipinski definition) is 3. The molecule has 1 spiro atoms. The lowest BCUT2D eigenvalue weighted by atomic mass is 9.42. The normalized spacial score (nSPS) is 53.3. The maximum absolute atomic E-state index is 10.4. The summed E-state index contributed by atoms with van der Waals surface area (Å²) in [7, 11) is 0. The highest BCUT2D eigenvalue weighted by Gasteiger charge is 2.73. The van der Waals surface area contributed by atoms with Gasteiger partial charge in [-0.05, 0) is 85.9 Å². The van der Waals surface area contributed by atoms with Crippen molar-refractivity contribution in [1.29, 1.82) is 0 Å². The molecule has 3 heteroatoms. The van der Waals surface area contributed by atoms with Crippen LogP contribution in [0.5, 0.6) is 0 Å². The number of aliphatic hydroxyl groups excluding tert-OH is 1. The molecule has 1 heterocycles. The second-order valence-electron chi connectivity index (χ2n) is 13.0. The molecule has 1 saturated heterocycles. The SMILES string of the molecule is CC(C)CCC[C@@H](C)[C@H]1CC[C@H]2[C@@H]3CC4[18O][18O]C45C[C@@H](O)CC[C@]5(C)[C@H]3CC[C@]12C. The maximum Gasteiger partial charge on any atom is 0.141 e. The Morgan fingerprint density at radius 3 is 2.47 bits per heavy atom. The summed E-state index contributed by atoms with van der Waals surface area (Å²) in [6, 6.07) is 0. The van der Waals surface area contributed by atoms with E-state index in [0.717, 1.165) is 54.8 Å². The molecule has 30 heavy (non-hydrogen) atoms. The fourth-order valence-corrected chi connectivity index (χ4v) is 9.63. The fraction of sp³-hybridized carbons (Fsp3) is 1.00. The number of hydrogen-bond donors (Lipinski definition) is 1. The maximum atomic E-state index is 10.4. The Bertz CT molecular complexity index is 648. The largest absolute Gasteiger partial charge is 0.393 e. The first-order chi connectivity index (χ1) is 14.2. The lowest BCUT2D eigenvalue weighted by Crippen LogP contribution is -2.75. The van der Waals surface area contributed by atoms with Gasteiger partial charge in [0.2, 0.25) is 0 Å². The van der Waals surface area contributed by atoms with E-state index >= 15 is 0 Å². The molecule has 4 saturated carbocycles. The van der Waals surface area contributed by atoms with E-state index in [2.05, 4.69) is 34.6 Å². The topological polar surface area (TPSA) is 38.7 Å². The number of rotatable bonds is 5. The summed E-state index contributed by atoms with van der Waals surface area (Å²) in [5.41, 5.74) is 0.496. The Hall–Kier alpha value is -0.120. The van der Waals surface area contributed by atoms with E-state index in [0.29, 0.717) is 5.41 Å². The van der Waals surface area contributed by atoms with Crippen LogP contribution in [0.2, 0.25) is 0 Å². The van der Waals surface area contributed by atoms with Crippen molar-refractivity contribution in [3.63, 3.8) is 0 Å². The summed E-state index contributed by atoms with van der Waals surface area (Å²) in [5, 5.41) is 10.4. The van der Waals surface area contributed by atoms with Crippen LogP contribution in [0.3, 0.4) is 0 Å². The minimum absolute atomic E-state index is 0.181. The van der Waals surface area contributed by atoms with Gasteiger partial charge < -0.3 is 5.11 Å². The van der Waals surface area contributed by atoms with E-state index in [9.17, 15) is 5.11 Å². The van der Waals surface area contributed by atoms with Gasteiger partial charge in [0.25, 0.3) is 0 Å². The molecule has 2 unspecified atom stereocenters. The third-order valence-electron chi connectivity index (χ3n) is 11.3. The van der Waals surface area contributed by atoms with Crippen molar-refractivity contribution < 1.29 is 14.9 Å². The highest BCUT2D eigenvalue weighted by Crippen LogP contribution is 2.71. The molecule has 0 aromatic heterocycles. The van der Waals surface area contributed by atoms with Crippen molar-refractivity contribution >= 4 is 0 Å². The molecular formula is C27H46O3. The Kier molecular flexibility index (Phi) is 5.39. The van der Waals surface area contributed by atoms with Gasteiger partial charge in [-0.1, -0.05) is 53.9 Å². The molecule has 5 rings (SSSR count). The molecular weight excluding hydrogens is 376 g/mol. The van der Waals surface area contributed by atoms with E-state index in [-0.39, 0.29) is 23.2 Å². The van der Waals surface area contributed by atoms with Crippen LogP contribution in [0.4, 0.5) is 0 Å². The summed E-state index contributed by atoms with van der Waals surface area (Å²) >= 11 is 0. The first-order valence-corrected chi connectivity index (χ1v) is 13.2. The van der Waals surface area contributed by atoms with Crippen LogP contribution >= 0.6 is 0 Å². The van der Waals surface area contributed by atoms with E-state index in [1.165, 1.54) is 51.4 Å². The van der Waals surface area contributed by atoms with Gasteiger partial charge in [0.1, 0.15) is 11.7 Å². The van der Waals surface area contributed by atoms with E-state index in [1.54, 1.807) is 0 Å². The monoisotopic (exact) mass is 422 g/mol. The van der Waals surface area contributed by atoms with Crippen LogP contribution in [0.15, 0.2) is 0 Å². The molecule has 0 bridgehead atoms. The molecule has 1 N–H and O–H groups in total. The molecule has 0 radical (unpaired) electrons. The summed E-state index contributed by atoms with van der Waals surface area (Å²) in [6.07, 6.45) is 13.8. The van der Waals surface area contributed by atoms with E-state index < -0.39 is 0 Å². The van der Waals surface area contributed by atoms with E-state index in [4.69, 9.17) is 9.78 Å². The zero-order valence-electron chi connectivity index (χ0n) is 20.2. The highest BCUT2D eigenvalue weighted by molar-refractivity contribution is 5.19. The zero-order valence-corrected chi connectivity index (χ0v) is 20.2. The van der Waals surface area contributed by atoms with Gasteiger partial charge in [-0.25, -0.2) is 9.78 Å². The summed E-state index contributed by atoms with van der Waals surface area (Å²) in [5.74, 6) is 5.00. The van der Waals surface area contributed by atoms with Crippen LogP contribution in [0, 0.1) is 46.3 Å². The lowest BCUT2D eigenvalue weighted by molar-refractivity contribution is -0.558. The molecule has 3 nitrogen and oxygen atoms in total. The Morgan fingerprint density at radius 1 is 0.967 bits per heavy atom. The van der Waals surface area contributed by atoms with Gasteiger partial charge in [-0.3, -0.25) is 0 Å². The minimum atomic E-state index is -0.211. The molecule has 5 fully saturated rings. The second kappa shape index (κ2) is 7.45. The first kappa shape index (κ1) is 21.7. The van der Waals surface area contributed by atoms with Crippen LogP contribution in [-0.4, -0.2) is 22.9 Å². The predicted molar refractivity (Wildman–Crippen MR) is 120 cm³/mol. The van der Waals surface area contributed by atoms with Crippen LogP contribution in [0.1, 0.15) is 105 Å². The second-order valence-corrected chi connectivity index (χ2v) is 13.0. The Labute approximate surface area is 184 Å². The fourth-order valence-electron chi connectivity index (χ4n) is 9.63. The van der Waals surface area contributed by atoms with Gasteiger partial charge in [-0.15, -0.1) is 0 Å². The van der Waals surface area contributed by atoms with Crippen LogP contribution in [-0.2, 0) is 9.78 Å². The van der Waals surface area contributed by atoms with Crippen molar-refractivity contribution in [1.82, 2.24) is 0 Å². The van der Waals surface area contributed by atoms with Gasteiger partial charge in [0.15, 0.2) is 0 Å². The summed E-state index contributed by atoms with van der Waals surface area (Å²) in [4.78, 5) is 11.7. The Morgan fingerprint density at radius 2 is 1.77 bits per heavy atom. The average molecular weight is 423 g/mol. The molecule has 4 aliphatic carbocycles. The summed E-state index contributed by atoms with van der Waals surface area (Å²) in [6.45, 7) is 12.4. The number of fused-ring (bicyclic) bond motifs is 4. The predicted octanol–water partition coefficient (Wildman–Crippen LogP) is 6.53. The van der Waals surface area contributed by atoms with Crippen molar-refractivity contribution in [2.45, 2.75) is 123 Å². The molecule has 10 atom stereocenters. The zero-order chi connectivity index (χ0) is 21.3. The van der Waals surface area contributed by atoms with Gasteiger partial charge in [-0.2, -0.15) is 0 Å². The molecule has 1 aliphatic heterocycles. The van der Waals surface area contributed by atoms with Crippen molar-refractivity contribution in [3.05, 3.63) is 0 Å². The average Bonchev–Trinajstić information content (AvgIpc) is 3.03. The molecule has 172 valence electrons. The highest BCUT2D eigenvalue weighted by atomic mass is 19.2. The summed E-state index contributed by atoms with van der Waals surface area (Å²) < 4.78 is 0. The quantitative estimate of drug-likeness (QED) is 0.404. The van der Waals surface area contributed by atoms with Crippen molar-refractivity contribution in [2.75, 3.05) is 0 Å². The minimum Gasteiger partial charge on any atom is -0.393 e. The van der Waals surface area contributed by atoms with Crippen LogP contribution < -0.4 is 0 Å². The molecule has 0 amide bonds. The standard InChI is InChI=1S/C27H46O3/c1-17(2)7-6-8-18(3)21-9-10-22-20-15-24-27(30-29-24)16-19(28)11-14-26(27,5)23(20)12-13-25(21,22)4/h17-24,28H,6-16H2,1-5H3/t18-,19+,20+,21-,22+,23+,24?,25-,26-,27?/m1/s1/i29+2,30+2. The molecule has 0 aromatic rings. The first-order valence-electron chi connectivity index (χ1n) is 13.2. The smallest absolute Gasteiger partial charge is 0.141 e. The van der Waals surface area contributed by atoms with E-state index in [1.807, 2.05) is 0 Å². The van der Waals surface area contributed by atoms with Crippen molar-refractivity contribution in [3.8, 4) is 0 Å². The molecule has 5 aliphatic rings. The van der Waals surface area contributed by atoms with Crippen LogP contribution in [0.25, 0.3) is 0 Å². The Balaban J connectivity index is 1.35. The van der Waals surface area contributed by atoms with Gasteiger partial charge in [0, 0.05) is 11.8 Å². The third-order valence-corrected chi connectivity index (χ3v) is 11.3. The third kappa shape index (κ3) is 2.93. The van der Waals surface area contributed by atoms with Crippen molar-refractivity contribution in [2.24, 2.45) is 46.3 Å². The lowest BCUT2D eigenvalue weighted by Gasteiger charge is -2.69. The van der Waals surface area contributed by atoms with Gasteiger partial charge >= 0.3 is 0 Å². The van der Waals surface area contributed by atoms with Gasteiger partial charge in [0.05, 0.1) is 6.10 Å².